The molecule has 1 heterocycles. The van der Waals surface area contributed by atoms with Gasteiger partial charge in [-0.15, -0.1) is 0 Å². The molecular formula is C17H27N3O4. The van der Waals surface area contributed by atoms with Gasteiger partial charge in [0.1, 0.15) is 6.54 Å². The zero-order chi connectivity index (χ0) is 18.4. The lowest BCUT2D eigenvalue weighted by Gasteiger charge is -2.19. The van der Waals surface area contributed by atoms with Crippen LogP contribution in [0.1, 0.15) is 42.5 Å². The van der Waals surface area contributed by atoms with Gasteiger partial charge in [0, 0.05) is 24.5 Å². The van der Waals surface area contributed by atoms with Crippen LogP contribution in [0.2, 0.25) is 0 Å². The Morgan fingerprint density at radius 3 is 2.46 bits per heavy atom. The van der Waals surface area contributed by atoms with Crippen molar-refractivity contribution in [2.24, 2.45) is 0 Å². The van der Waals surface area contributed by atoms with Crippen LogP contribution in [0.4, 0.5) is 0 Å². The zero-order valence-electron chi connectivity index (χ0n) is 15.3. The van der Waals surface area contributed by atoms with Crippen molar-refractivity contribution in [3.05, 3.63) is 23.0 Å². The molecular weight excluding hydrogens is 310 g/mol. The monoisotopic (exact) mass is 337 g/mol. The van der Waals surface area contributed by atoms with E-state index in [1.807, 2.05) is 20.8 Å². The lowest BCUT2D eigenvalue weighted by Crippen LogP contribution is -2.42. The number of carbonyl (C=O) groups is 3. The topological polar surface area (TPSA) is 80.6 Å². The van der Waals surface area contributed by atoms with E-state index in [4.69, 9.17) is 4.74 Å². The van der Waals surface area contributed by atoms with Gasteiger partial charge in [0.25, 0.3) is 0 Å². The first kappa shape index (κ1) is 19.7. The first-order chi connectivity index (χ1) is 11.2. The maximum Gasteiger partial charge on any atom is 0.339 e. The van der Waals surface area contributed by atoms with E-state index in [1.54, 1.807) is 31.5 Å². The Balaban J connectivity index is 2.80. The SMILES string of the molecule is CCOC(=O)c1cc(C)n(CC(=O)N(C)CC(=O)NC(C)C)c1C. The minimum atomic E-state index is -0.394. The van der Waals surface area contributed by atoms with Gasteiger partial charge in [-0.3, -0.25) is 9.59 Å². The molecule has 0 aliphatic carbocycles. The molecule has 7 heteroatoms. The number of aryl methyl sites for hydroxylation is 1. The molecule has 0 bridgehead atoms. The van der Waals surface area contributed by atoms with Gasteiger partial charge >= 0.3 is 5.97 Å². The summed E-state index contributed by atoms with van der Waals surface area (Å²) in [6.07, 6.45) is 0. The van der Waals surface area contributed by atoms with Crippen LogP contribution in [0.15, 0.2) is 6.07 Å². The van der Waals surface area contributed by atoms with Crippen molar-refractivity contribution in [1.29, 1.82) is 0 Å². The van der Waals surface area contributed by atoms with Crippen LogP contribution in [0, 0.1) is 13.8 Å². The van der Waals surface area contributed by atoms with E-state index in [1.165, 1.54) is 4.90 Å². The highest BCUT2D eigenvalue weighted by molar-refractivity contribution is 5.91. The van der Waals surface area contributed by atoms with Crippen LogP contribution >= 0.6 is 0 Å². The maximum absolute atomic E-state index is 12.4. The Morgan fingerprint density at radius 2 is 1.92 bits per heavy atom. The quantitative estimate of drug-likeness (QED) is 0.760. The van der Waals surface area contributed by atoms with E-state index in [2.05, 4.69) is 5.32 Å². The largest absolute Gasteiger partial charge is 0.462 e. The number of nitrogens with one attached hydrogen (secondary N) is 1. The molecule has 0 saturated heterocycles. The second kappa shape index (κ2) is 8.52. The van der Waals surface area contributed by atoms with Crippen molar-refractivity contribution in [2.75, 3.05) is 20.2 Å². The van der Waals surface area contributed by atoms with Gasteiger partial charge in [-0.1, -0.05) is 0 Å². The normalized spacial score (nSPS) is 10.6. The molecule has 1 aromatic rings. The summed E-state index contributed by atoms with van der Waals surface area (Å²) in [6, 6.07) is 1.74. The molecule has 0 spiro atoms. The fourth-order valence-electron chi connectivity index (χ4n) is 2.39. The number of ether oxygens (including phenoxy) is 1. The number of likely N-dealkylation sites (N-methyl/N-ethyl adjacent to an activating group) is 1. The molecule has 0 atom stereocenters. The predicted molar refractivity (Wildman–Crippen MR) is 90.8 cm³/mol. The van der Waals surface area contributed by atoms with E-state index >= 15 is 0 Å². The number of esters is 1. The molecule has 0 saturated carbocycles. The summed E-state index contributed by atoms with van der Waals surface area (Å²) >= 11 is 0. The highest BCUT2D eigenvalue weighted by Gasteiger charge is 2.20. The third-order valence-corrected chi connectivity index (χ3v) is 3.62. The lowest BCUT2D eigenvalue weighted by atomic mass is 10.2. The number of amides is 2. The van der Waals surface area contributed by atoms with Crippen molar-refractivity contribution in [3.63, 3.8) is 0 Å². The molecule has 0 aliphatic rings. The van der Waals surface area contributed by atoms with Gasteiger partial charge in [0.05, 0.1) is 18.7 Å². The van der Waals surface area contributed by atoms with Crippen molar-refractivity contribution in [1.82, 2.24) is 14.8 Å². The Bertz CT molecular complexity index is 620. The summed E-state index contributed by atoms with van der Waals surface area (Å²) in [7, 11) is 1.59. The van der Waals surface area contributed by atoms with Crippen LogP contribution < -0.4 is 5.32 Å². The number of rotatable bonds is 7. The second-order valence-electron chi connectivity index (χ2n) is 6.06. The molecule has 0 aliphatic heterocycles. The minimum absolute atomic E-state index is 0.00110. The van der Waals surface area contributed by atoms with Crippen LogP contribution in [-0.4, -0.2) is 53.5 Å². The first-order valence-electron chi connectivity index (χ1n) is 8.04. The average Bonchev–Trinajstić information content (AvgIpc) is 2.74. The van der Waals surface area contributed by atoms with E-state index in [9.17, 15) is 14.4 Å². The molecule has 24 heavy (non-hydrogen) atoms. The van der Waals surface area contributed by atoms with E-state index < -0.39 is 5.97 Å². The van der Waals surface area contributed by atoms with E-state index in [0.29, 0.717) is 17.9 Å². The highest BCUT2D eigenvalue weighted by Crippen LogP contribution is 2.16. The van der Waals surface area contributed by atoms with Gasteiger partial charge in [-0.2, -0.15) is 0 Å². The van der Waals surface area contributed by atoms with Crippen molar-refractivity contribution < 1.29 is 19.1 Å². The van der Waals surface area contributed by atoms with Crippen molar-refractivity contribution >= 4 is 17.8 Å². The van der Waals surface area contributed by atoms with E-state index in [0.717, 1.165) is 5.69 Å². The summed E-state index contributed by atoms with van der Waals surface area (Å²) in [5, 5.41) is 2.75. The average molecular weight is 337 g/mol. The minimum Gasteiger partial charge on any atom is -0.462 e. The lowest BCUT2D eigenvalue weighted by molar-refractivity contribution is -0.135. The second-order valence-corrected chi connectivity index (χ2v) is 6.06. The molecule has 134 valence electrons. The Morgan fingerprint density at radius 1 is 1.29 bits per heavy atom. The van der Waals surface area contributed by atoms with Gasteiger partial charge in [-0.05, 0) is 40.7 Å². The molecule has 2 amide bonds. The predicted octanol–water partition coefficient (Wildman–Crippen LogP) is 1.26. The summed E-state index contributed by atoms with van der Waals surface area (Å²) in [5.74, 6) is -0.797. The van der Waals surface area contributed by atoms with Gasteiger partial charge < -0.3 is 19.5 Å². The molecule has 1 N–H and O–H groups in total. The Labute approximate surface area is 143 Å². The third-order valence-electron chi connectivity index (χ3n) is 3.62. The molecule has 0 radical (unpaired) electrons. The molecule has 1 aromatic heterocycles. The number of aromatic nitrogens is 1. The molecule has 1 rings (SSSR count). The van der Waals surface area contributed by atoms with Gasteiger partial charge in [-0.25, -0.2) is 4.79 Å². The van der Waals surface area contributed by atoms with Crippen LogP contribution in [-0.2, 0) is 20.9 Å². The van der Waals surface area contributed by atoms with Crippen LogP contribution in [0.25, 0.3) is 0 Å². The molecule has 7 nitrogen and oxygen atoms in total. The number of hydrogen-bond acceptors (Lipinski definition) is 4. The molecule has 0 unspecified atom stereocenters. The van der Waals surface area contributed by atoms with Gasteiger partial charge in [0.15, 0.2) is 0 Å². The summed E-state index contributed by atoms with van der Waals surface area (Å²) in [5.41, 5.74) is 1.94. The summed E-state index contributed by atoms with van der Waals surface area (Å²) in [4.78, 5) is 37.4. The van der Waals surface area contributed by atoms with Gasteiger partial charge in [0.2, 0.25) is 11.8 Å². The maximum atomic E-state index is 12.4. The standard InChI is InChI=1S/C17H27N3O4/c1-7-24-17(23)14-8-12(4)20(13(14)5)10-16(22)19(6)9-15(21)18-11(2)3/h8,11H,7,9-10H2,1-6H3,(H,18,21). The Hall–Kier alpha value is -2.31. The Kier molecular flexibility index (Phi) is 7.00. The zero-order valence-corrected chi connectivity index (χ0v) is 15.3. The third kappa shape index (κ3) is 5.11. The number of nitrogens with zero attached hydrogens (tertiary/aromatic N) is 2. The van der Waals surface area contributed by atoms with E-state index in [-0.39, 0.29) is 30.9 Å². The summed E-state index contributed by atoms with van der Waals surface area (Å²) < 4.78 is 6.77. The smallest absolute Gasteiger partial charge is 0.339 e. The number of hydrogen-bond donors (Lipinski definition) is 1. The van der Waals surface area contributed by atoms with Crippen molar-refractivity contribution in [2.45, 2.75) is 47.2 Å². The fraction of sp³-hybridized carbons (Fsp3) is 0.588. The highest BCUT2D eigenvalue weighted by atomic mass is 16.5. The van der Waals surface area contributed by atoms with Crippen LogP contribution in [0.3, 0.4) is 0 Å². The molecule has 0 aromatic carbocycles. The first-order valence-corrected chi connectivity index (χ1v) is 8.04. The van der Waals surface area contributed by atoms with Crippen molar-refractivity contribution in [3.8, 4) is 0 Å². The number of carbonyl (C=O) groups excluding carboxylic acids is 3. The summed E-state index contributed by atoms with van der Waals surface area (Å²) in [6.45, 7) is 9.45. The molecule has 0 fully saturated rings. The van der Waals surface area contributed by atoms with Crippen LogP contribution in [0.5, 0.6) is 0 Å². The fourth-order valence-corrected chi connectivity index (χ4v) is 2.39.